The van der Waals surface area contributed by atoms with Crippen molar-refractivity contribution >= 4 is 11.0 Å². The molecule has 0 bridgehead atoms. The second kappa shape index (κ2) is 2.20. The molecular weight excluding hydrogens is 156 g/mol. The number of rotatable bonds is 0. The van der Waals surface area contributed by atoms with Gasteiger partial charge in [-0.3, -0.25) is 9.89 Å². The fourth-order valence-electron chi connectivity index (χ4n) is 1.01. The molecule has 0 aromatic carbocycles. The zero-order chi connectivity index (χ0) is 8.55. The Morgan fingerprint density at radius 1 is 1.58 bits per heavy atom. The minimum absolute atomic E-state index is 0.200. The van der Waals surface area contributed by atoms with Gasteiger partial charge in [0.15, 0.2) is 5.43 Å². The van der Waals surface area contributed by atoms with E-state index < -0.39 is 0 Å². The zero-order valence-electron chi connectivity index (χ0n) is 5.96. The van der Waals surface area contributed by atoms with Crippen molar-refractivity contribution < 1.29 is 0 Å². The lowest BCUT2D eigenvalue weighted by molar-refractivity contribution is 1.09. The minimum atomic E-state index is -0.200. The van der Waals surface area contributed by atoms with Crippen LogP contribution in [-0.4, -0.2) is 15.2 Å². The van der Waals surface area contributed by atoms with Crippen molar-refractivity contribution in [1.29, 1.82) is 5.26 Å². The van der Waals surface area contributed by atoms with Crippen LogP contribution in [0.4, 0.5) is 0 Å². The maximum Gasteiger partial charge on any atom is 0.193 e. The van der Waals surface area contributed by atoms with E-state index in [1.54, 1.807) is 0 Å². The lowest BCUT2D eigenvalue weighted by Gasteiger charge is -1.88. The van der Waals surface area contributed by atoms with Crippen LogP contribution in [0.3, 0.4) is 0 Å². The lowest BCUT2D eigenvalue weighted by atomic mass is 10.3. The molecule has 5 heteroatoms. The van der Waals surface area contributed by atoms with Crippen molar-refractivity contribution in [1.82, 2.24) is 15.2 Å². The number of aromatic nitrogens is 3. The van der Waals surface area contributed by atoms with Gasteiger partial charge < -0.3 is 4.98 Å². The molecule has 0 spiro atoms. The maximum absolute atomic E-state index is 11.2. The molecule has 5 nitrogen and oxygen atoms in total. The van der Waals surface area contributed by atoms with E-state index in [9.17, 15) is 4.79 Å². The molecule has 0 fully saturated rings. The van der Waals surface area contributed by atoms with Gasteiger partial charge in [0, 0.05) is 6.07 Å². The average Bonchev–Trinajstić information content (AvgIpc) is 2.52. The molecule has 0 amide bonds. The van der Waals surface area contributed by atoms with Crippen LogP contribution < -0.4 is 5.43 Å². The number of fused-ring (bicyclic) bond motifs is 1. The SMILES string of the molecule is N#Cc1cc(=O)c2cn[nH]c2[nH]1. The topological polar surface area (TPSA) is 85.3 Å². The zero-order valence-corrected chi connectivity index (χ0v) is 5.96. The standard InChI is InChI=1S/C7H4N4O/c8-2-4-1-6(12)5-3-9-11-7(5)10-4/h1,3H,(H2,9,10,11,12). The van der Waals surface area contributed by atoms with Gasteiger partial charge in [-0.05, 0) is 0 Å². The van der Waals surface area contributed by atoms with Crippen molar-refractivity contribution in [3.63, 3.8) is 0 Å². The largest absolute Gasteiger partial charge is 0.331 e. The summed E-state index contributed by atoms with van der Waals surface area (Å²) in [5.74, 6) is 0. The van der Waals surface area contributed by atoms with E-state index in [4.69, 9.17) is 5.26 Å². The Bertz CT molecular complexity index is 516. The van der Waals surface area contributed by atoms with Crippen LogP contribution in [0.5, 0.6) is 0 Å². The van der Waals surface area contributed by atoms with Crippen LogP contribution >= 0.6 is 0 Å². The fraction of sp³-hybridized carbons (Fsp3) is 0. The molecular formula is C7H4N4O. The molecule has 0 aliphatic carbocycles. The van der Waals surface area contributed by atoms with Crippen LogP contribution in [0, 0.1) is 11.3 Å². The van der Waals surface area contributed by atoms with E-state index in [0.29, 0.717) is 11.0 Å². The van der Waals surface area contributed by atoms with E-state index in [0.717, 1.165) is 0 Å². The number of hydrogen-bond acceptors (Lipinski definition) is 3. The third-order valence-electron chi connectivity index (χ3n) is 1.56. The summed E-state index contributed by atoms with van der Waals surface area (Å²) in [7, 11) is 0. The van der Waals surface area contributed by atoms with Gasteiger partial charge in [0.2, 0.25) is 0 Å². The molecule has 0 saturated carbocycles. The third-order valence-corrected chi connectivity index (χ3v) is 1.56. The molecule has 2 rings (SSSR count). The summed E-state index contributed by atoms with van der Waals surface area (Å²) in [6, 6.07) is 3.09. The van der Waals surface area contributed by atoms with E-state index >= 15 is 0 Å². The third kappa shape index (κ3) is 0.787. The predicted octanol–water partition coefficient (Wildman–Crippen LogP) is 0.123. The summed E-state index contributed by atoms with van der Waals surface area (Å²) in [6.45, 7) is 0. The monoisotopic (exact) mass is 160 g/mol. The number of nitrogens with one attached hydrogen (secondary N) is 2. The highest BCUT2D eigenvalue weighted by Gasteiger charge is 2.01. The van der Waals surface area contributed by atoms with Crippen molar-refractivity contribution in [2.24, 2.45) is 0 Å². The van der Waals surface area contributed by atoms with E-state index in [-0.39, 0.29) is 11.1 Å². The summed E-state index contributed by atoms with van der Waals surface area (Å²) in [5.41, 5.74) is 0.518. The van der Waals surface area contributed by atoms with Crippen LogP contribution in [0.15, 0.2) is 17.1 Å². The van der Waals surface area contributed by atoms with Gasteiger partial charge in [0.05, 0.1) is 11.6 Å². The maximum atomic E-state index is 11.2. The molecule has 0 aliphatic rings. The lowest BCUT2D eigenvalue weighted by Crippen LogP contribution is -2.01. The second-order valence-electron chi connectivity index (χ2n) is 2.32. The Morgan fingerprint density at radius 3 is 3.17 bits per heavy atom. The van der Waals surface area contributed by atoms with Gasteiger partial charge in [-0.1, -0.05) is 0 Å². The molecule has 0 unspecified atom stereocenters. The van der Waals surface area contributed by atoms with Crippen LogP contribution in [0.25, 0.3) is 11.0 Å². The van der Waals surface area contributed by atoms with Crippen molar-refractivity contribution in [2.45, 2.75) is 0 Å². The predicted molar refractivity (Wildman–Crippen MR) is 41.4 cm³/mol. The number of pyridine rings is 1. The quantitative estimate of drug-likeness (QED) is 0.574. The highest BCUT2D eigenvalue weighted by molar-refractivity contribution is 5.73. The number of nitrogens with zero attached hydrogens (tertiary/aromatic N) is 2. The van der Waals surface area contributed by atoms with Gasteiger partial charge in [0.1, 0.15) is 17.4 Å². The summed E-state index contributed by atoms with van der Waals surface area (Å²) in [4.78, 5) is 13.9. The van der Waals surface area contributed by atoms with Gasteiger partial charge in [-0.25, -0.2) is 0 Å². The van der Waals surface area contributed by atoms with Gasteiger partial charge >= 0.3 is 0 Å². The minimum Gasteiger partial charge on any atom is -0.331 e. The Balaban J connectivity index is 2.96. The summed E-state index contributed by atoms with van der Waals surface area (Å²) in [5, 5.41) is 15.2. The van der Waals surface area contributed by atoms with Gasteiger partial charge in [0.25, 0.3) is 0 Å². The first kappa shape index (κ1) is 6.61. The second-order valence-corrected chi connectivity index (χ2v) is 2.32. The molecule has 2 aromatic rings. The van der Waals surface area contributed by atoms with E-state index in [1.165, 1.54) is 12.3 Å². The van der Waals surface area contributed by atoms with E-state index in [2.05, 4.69) is 15.2 Å². The molecule has 0 saturated heterocycles. The molecule has 2 heterocycles. The molecule has 0 radical (unpaired) electrons. The molecule has 58 valence electrons. The molecule has 0 atom stereocenters. The molecule has 0 aliphatic heterocycles. The average molecular weight is 160 g/mol. The van der Waals surface area contributed by atoms with Gasteiger partial charge in [-0.2, -0.15) is 10.4 Å². The molecule has 2 aromatic heterocycles. The smallest absolute Gasteiger partial charge is 0.193 e. The highest BCUT2D eigenvalue weighted by Crippen LogP contribution is 2.01. The summed E-state index contributed by atoms with van der Waals surface area (Å²) in [6.07, 6.45) is 1.43. The van der Waals surface area contributed by atoms with Crippen molar-refractivity contribution in [3.05, 3.63) is 28.2 Å². The number of aromatic amines is 2. The first-order valence-corrected chi connectivity index (χ1v) is 3.28. The fourth-order valence-corrected chi connectivity index (χ4v) is 1.01. The Labute approximate surface area is 66.6 Å². The number of H-pyrrole nitrogens is 2. The first-order chi connectivity index (χ1) is 5.81. The van der Waals surface area contributed by atoms with Crippen molar-refractivity contribution in [3.8, 4) is 6.07 Å². The van der Waals surface area contributed by atoms with Crippen LogP contribution in [-0.2, 0) is 0 Å². The molecule has 2 N–H and O–H groups in total. The van der Waals surface area contributed by atoms with Crippen LogP contribution in [0.2, 0.25) is 0 Å². The summed E-state index contributed by atoms with van der Waals surface area (Å²) >= 11 is 0. The molecule has 12 heavy (non-hydrogen) atoms. The number of nitriles is 1. The first-order valence-electron chi connectivity index (χ1n) is 3.28. The summed E-state index contributed by atoms with van der Waals surface area (Å²) < 4.78 is 0. The van der Waals surface area contributed by atoms with Crippen molar-refractivity contribution in [2.75, 3.05) is 0 Å². The highest BCUT2D eigenvalue weighted by atomic mass is 16.1. The van der Waals surface area contributed by atoms with E-state index in [1.807, 2.05) is 6.07 Å². The Morgan fingerprint density at radius 2 is 2.42 bits per heavy atom. The normalized spacial score (nSPS) is 9.92. The number of hydrogen-bond donors (Lipinski definition) is 2. The Kier molecular flexibility index (Phi) is 1.21. The van der Waals surface area contributed by atoms with Gasteiger partial charge in [-0.15, -0.1) is 0 Å². The Hall–Kier alpha value is -2.09. The van der Waals surface area contributed by atoms with Crippen LogP contribution in [0.1, 0.15) is 5.69 Å².